The van der Waals surface area contributed by atoms with Gasteiger partial charge in [-0.1, -0.05) is 53.0 Å². The van der Waals surface area contributed by atoms with Crippen LogP contribution in [0.5, 0.6) is 0 Å². The molecular formula is C16H12Cl3NO3. The Morgan fingerprint density at radius 1 is 1.04 bits per heavy atom. The fourth-order valence-corrected chi connectivity index (χ4v) is 2.36. The van der Waals surface area contributed by atoms with Gasteiger partial charge in [0, 0.05) is 11.6 Å². The van der Waals surface area contributed by atoms with Crippen LogP contribution in [0, 0.1) is 0 Å². The van der Waals surface area contributed by atoms with Gasteiger partial charge < -0.3 is 10.1 Å². The average molecular weight is 373 g/mol. The number of hydrogen-bond donors (Lipinski definition) is 1. The van der Waals surface area contributed by atoms with E-state index < -0.39 is 18.5 Å². The maximum absolute atomic E-state index is 11.9. The maximum atomic E-state index is 11.9. The Balaban J connectivity index is 1.84. The summed E-state index contributed by atoms with van der Waals surface area (Å²) in [7, 11) is 0. The molecule has 4 nitrogen and oxygen atoms in total. The molecule has 0 saturated carbocycles. The van der Waals surface area contributed by atoms with Crippen LogP contribution < -0.4 is 5.32 Å². The molecule has 0 heterocycles. The van der Waals surface area contributed by atoms with Crippen molar-refractivity contribution in [1.29, 1.82) is 0 Å². The van der Waals surface area contributed by atoms with Gasteiger partial charge in [0.25, 0.3) is 5.91 Å². The standard InChI is InChI=1S/C16H12Cl3NO3/c17-11-4-1-3-10(7-11)8-20-14(21)9-23-16(22)12-5-2-6-13(18)15(12)19/h1-7H,8-9H2,(H,20,21). The Morgan fingerprint density at radius 2 is 1.78 bits per heavy atom. The molecule has 120 valence electrons. The Kier molecular flexibility index (Phi) is 6.28. The van der Waals surface area contributed by atoms with E-state index in [9.17, 15) is 9.59 Å². The first-order valence-electron chi connectivity index (χ1n) is 6.59. The second kappa shape index (κ2) is 8.20. The minimum Gasteiger partial charge on any atom is -0.452 e. The van der Waals surface area contributed by atoms with Gasteiger partial charge in [-0.25, -0.2) is 4.79 Å². The number of rotatable bonds is 5. The minimum atomic E-state index is -0.713. The first-order valence-corrected chi connectivity index (χ1v) is 7.73. The predicted octanol–water partition coefficient (Wildman–Crippen LogP) is 4.12. The first-order chi connectivity index (χ1) is 11.0. The zero-order valence-corrected chi connectivity index (χ0v) is 14.1. The molecule has 23 heavy (non-hydrogen) atoms. The van der Waals surface area contributed by atoms with Crippen LogP contribution in [0.15, 0.2) is 42.5 Å². The highest BCUT2D eigenvalue weighted by Crippen LogP contribution is 2.25. The van der Waals surface area contributed by atoms with E-state index >= 15 is 0 Å². The molecule has 0 unspecified atom stereocenters. The average Bonchev–Trinajstić information content (AvgIpc) is 2.53. The van der Waals surface area contributed by atoms with Crippen LogP contribution >= 0.6 is 34.8 Å². The summed E-state index contributed by atoms with van der Waals surface area (Å²) in [6.07, 6.45) is 0. The molecule has 0 aliphatic rings. The number of esters is 1. The Hall–Kier alpha value is -1.75. The van der Waals surface area contributed by atoms with Gasteiger partial charge in [-0.3, -0.25) is 4.79 Å². The van der Waals surface area contributed by atoms with E-state index in [2.05, 4.69) is 5.32 Å². The summed E-state index contributed by atoms with van der Waals surface area (Å²) in [6, 6.07) is 11.7. The van der Waals surface area contributed by atoms with Crippen LogP contribution in [0.2, 0.25) is 15.1 Å². The fraction of sp³-hybridized carbons (Fsp3) is 0.125. The fourth-order valence-electron chi connectivity index (χ4n) is 1.77. The molecule has 0 aliphatic heterocycles. The second-order valence-electron chi connectivity index (χ2n) is 4.58. The number of amides is 1. The lowest BCUT2D eigenvalue weighted by atomic mass is 10.2. The number of ether oxygens (including phenoxy) is 1. The summed E-state index contributed by atoms with van der Waals surface area (Å²) in [5.74, 6) is -1.15. The summed E-state index contributed by atoms with van der Waals surface area (Å²) < 4.78 is 4.92. The molecule has 1 N–H and O–H groups in total. The Morgan fingerprint density at radius 3 is 2.52 bits per heavy atom. The van der Waals surface area contributed by atoms with Gasteiger partial charge in [0.2, 0.25) is 0 Å². The molecule has 0 aromatic heterocycles. The lowest BCUT2D eigenvalue weighted by Crippen LogP contribution is -2.28. The Labute approximate surface area is 148 Å². The van der Waals surface area contributed by atoms with Crippen LogP contribution in [-0.4, -0.2) is 18.5 Å². The Bertz CT molecular complexity index is 734. The highest BCUT2D eigenvalue weighted by atomic mass is 35.5. The van der Waals surface area contributed by atoms with E-state index in [-0.39, 0.29) is 22.2 Å². The van der Waals surface area contributed by atoms with Gasteiger partial charge in [-0.05, 0) is 29.8 Å². The molecule has 0 aliphatic carbocycles. The zero-order valence-electron chi connectivity index (χ0n) is 11.8. The summed E-state index contributed by atoms with van der Waals surface area (Å²) in [6.45, 7) is -0.128. The number of carbonyl (C=O) groups is 2. The number of halogens is 3. The zero-order chi connectivity index (χ0) is 16.8. The van der Waals surface area contributed by atoms with Gasteiger partial charge in [-0.2, -0.15) is 0 Å². The summed E-state index contributed by atoms with van der Waals surface area (Å²) in [4.78, 5) is 23.6. The van der Waals surface area contributed by atoms with E-state index in [4.69, 9.17) is 39.5 Å². The highest BCUT2D eigenvalue weighted by molar-refractivity contribution is 6.43. The lowest BCUT2D eigenvalue weighted by Gasteiger charge is -2.08. The van der Waals surface area contributed by atoms with E-state index in [0.29, 0.717) is 5.02 Å². The van der Waals surface area contributed by atoms with Crippen molar-refractivity contribution in [2.75, 3.05) is 6.61 Å². The van der Waals surface area contributed by atoms with Crippen molar-refractivity contribution in [1.82, 2.24) is 5.32 Å². The molecule has 0 atom stereocenters. The molecule has 0 radical (unpaired) electrons. The number of hydrogen-bond acceptors (Lipinski definition) is 3. The van der Waals surface area contributed by atoms with Crippen molar-refractivity contribution in [3.8, 4) is 0 Å². The van der Waals surface area contributed by atoms with E-state index in [1.54, 1.807) is 30.3 Å². The molecule has 0 spiro atoms. The van der Waals surface area contributed by atoms with Crippen molar-refractivity contribution >= 4 is 46.7 Å². The van der Waals surface area contributed by atoms with Gasteiger partial charge >= 0.3 is 5.97 Å². The van der Waals surface area contributed by atoms with Gasteiger partial charge in [0.05, 0.1) is 15.6 Å². The number of carbonyl (C=O) groups excluding carboxylic acids is 2. The van der Waals surface area contributed by atoms with Crippen LogP contribution in [0.1, 0.15) is 15.9 Å². The predicted molar refractivity (Wildman–Crippen MR) is 90.0 cm³/mol. The number of nitrogens with one attached hydrogen (secondary N) is 1. The third kappa shape index (κ3) is 5.13. The molecule has 0 fully saturated rings. The topological polar surface area (TPSA) is 55.4 Å². The maximum Gasteiger partial charge on any atom is 0.340 e. The van der Waals surface area contributed by atoms with Crippen molar-refractivity contribution in [3.05, 3.63) is 68.7 Å². The largest absolute Gasteiger partial charge is 0.452 e. The van der Waals surface area contributed by atoms with Crippen LogP contribution in [0.3, 0.4) is 0 Å². The quantitative estimate of drug-likeness (QED) is 0.803. The second-order valence-corrected chi connectivity index (χ2v) is 5.81. The van der Waals surface area contributed by atoms with Gasteiger partial charge in [0.15, 0.2) is 6.61 Å². The lowest BCUT2D eigenvalue weighted by molar-refractivity contribution is -0.124. The molecule has 0 bridgehead atoms. The molecule has 2 rings (SSSR count). The SMILES string of the molecule is O=C(COC(=O)c1cccc(Cl)c1Cl)NCc1cccc(Cl)c1. The molecule has 0 saturated heterocycles. The van der Waals surface area contributed by atoms with Crippen molar-refractivity contribution in [2.45, 2.75) is 6.54 Å². The molecule has 7 heteroatoms. The van der Waals surface area contributed by atoms with Crippen molar-refractivity contribution < 1.29 is 14.3 Å². The van der Waals surface area contributed by atoms with E-state index in [0.717, 1.165) is 5.56 Å². The monoisotopic (exact) mass is 371 g/mol. The van der Waals surface area contributed by atoms with Gasteiger partial charge in [0.1, 0.15) is 0 Å². The summed E-state index contributed by atoms with van der Waals surface area (Å²) in [5, 5.41) is 3.55. The third-order valence-electron chi connectivity index (χ3n) is 2.88. The molecular weight excluding hydrogens is 361 g/mol. The minimum absolute atomic E-state index is 0.0958. The van der Waals surface area contributed by atoms with Crippen LogP contribution in [0.4, 0.5) is 0 Å². The van der Waals surface area contributed by atoms with Crippen LogP contribution in [0.25, 0.3) is 0 Å². The third-order valence-corrected chi connectivity index (χ3v) is 3.94. The smallest absolute Gasteiger partial charge is 0.340 e. The normalized spacial score (nSPS) is 10.2. The van der Waals surface area contributed by atoms with Gasteiger partial charge in [-0.15, -0.1) is 0 Å². The van der Waals surface area contributed by atoms with Crippen LogP contribution in [-0.2, 0) is 16.1 Å². The van der Waals surface area contributed by atoms with E-state index in [1.807, 2.05) is 6.07 Å². The first kappa shape index (κ1) is 17.6. The molecule has 2 aromatic rings. The number of benzene rings is 2. The summed E-state index contributed by atoms with van der Waals surface area (Å²) in [5.41, 5.74) is 0.955. The highest BCUT2D eigenvalue weighted by Gasteiger charge is 2.15. The van der Waals surface area contributed by atoms with Crippen molar-refractivity contribution in [3.63, 3.8) is 0 Å². The summed E-state index contributed by atoms with van der Waals surface area (Å²) >= 11 is 17.6. The van der Waals surface area contributed by atoms with E-state index in [1.165, 1.54) is 6.07 Å². The van der Waals surface area contributed by atoms with Crippen molar-refractivity contribution in [2.24, 2.45) is 0 Å². The molecule has 1 amide bonds. The molecule has 2 aromatic carbocycles.